The molecule has 6 heteroatoms. The predicted octanol–water partition coefficient (Wildman–Crippen LogP) is 3.67. The molecule has 1 N–H and O–H groups in total. The van der Waals surface area contributed by atoms with Crippen molar-refractivity contribution in [2.45, 2.75) is 38.0 Å². The smallest absolute Gasteiger partial charge is 0.358 e. The van der Waals surface area contributed by atoms with Crippen LogP contribution in [0.2, 0.25) is 5.02 Å². The average Bonchev–Trinajstić information content (AvgIpc) is 2.94. The molecule has 1 saturated carbocycles. The molecular weight excluding hydrogens is 290 g/mol. The summed E-state index contributed by atoms with van der Waals surface area (Å²) in [5, 5.41) is 17.9. The largest absolute Gasteiger partial charge is 0.476 e. The van der Waals surface area contributed by atoms with Crippen molar-refractivity contribution in [3.63, 3.8) is 0 Å². The summed E-state index contributed by atoms with van der Waals surface area (Å²) in [5.41, 5.74) is 1.57. The van der Waals surface area contributed by atoms with Gasteiger partial charge in [0.2, 0.25) is 0 Å². The van der Waals surface area contributed by atoms with Crippen LogP contribution in [0.4, 0.5) is 0 Å². The highest BCUT2D eigenvalue weighted by molar-refractivity contribution is 6.30. The molecule has 0 unspecified atom stereocenters. The van der Waals surface area contributed by atoms with Gasteiger partial charge in [-0.2, -0.15) is 0 Å². The first kappa shape index (κ1) is 14.1. The molecule has 1 aliphatic carbocycles. The van der Waals surface area contributed by atoms with Crippen LogP contribution in [0.1, 0.15) is 54.2 Å². The molecule has 0 atom stereocenters. The monoisotopic (exact) mass is 305 g/mol. The predicted molar refractivity (Wildman–Crippen MR) is 79.2 cm³/mol. The number of carboxylic acid groups (broad SMARTS) is 1. The van der Waals surface area contributed by atoms with Gasteiger partial charge in [0.25, 0.3) is 0 Å². The van der Waals surface area contributed by atoms with Crippen molar-refractivity contribution in [1.29, 1.82) is 0 Å². The molecular formula is C15H16ClN3O2. The van der Waals surface area contributed by atoms with E-state index >= 15 is 0 Å². The van der Waals surface area contributed by atoms with Crippen molar-refractivity contribution in [3.05, 3.63) is 40.7 Å². The Morgan fingerprint density at radius 3 is 2.48 bits per heavy atom. The van der Waals surface area contributed by atoms with Gasteiger partial charge >= 0.3 is 5.97 Å². The van der Waals surface area contributed by atoms with Crippen LogP contribution in [0.25, 0.3) is 5.69 Å². The zero-order valence-corrected chi connectivity index (χ0v) is 12.3. The van der Waals surface area contributed by atoms with Crippen molar-refractivity contribution >= 4 is 17.6 Å². The maximum Gasteiger partial charge on any atom is 0.358 e. The number of rotatable bonds is 3. The van der Waals surface area contributed by atoms with Gasteiger partial charge in [0.05, 0.1) is 11.4 Å². The summed E-state index contributed by atoms with van der Waals surface area (Å²) in [6.45, 7) is 0. The first-order valence-corrected chi connectivity index (χ1v) is 7.49. The molecule has 110 valence electrons. The lowest BCUT2D eigenvalue weighted by Gasteiger charge is -2.22. The summed E-state index contributed by atoms with van der Waals surface area (Å²) in [6.07, 6.45) is 5.43. The molecule has 0 amide bonds. The zero-order valence-electron chi connectivity index (χ0n) is 11.5. The lowest BCUT2D eigenvalue weighted by molar-refractivity contribution is 0.0688. The summed E-state index contributed by atoms with van der Waals surface area (Å²) in [7, 11) is 0. The minimum absolute atomic E-state index is 0.0665. The maximum atomic E-state index is 11.4. The Morgan fingerprint density at radius 1 is 1.19 bits per heavy atom. The highest BCUT2D eigenvalue weighted by atomic mass is 35.5. The van der Waals surface area contributed by atoms with E-state index in [1.165, 1.54) is 6.42 Å². The topological polar surface area (TPSA) is 68.0 Å². The first-order valence-electron chi connectivity index (χ1n) is 7.11. The highest BCUT2D eigenvalue weighted by Crippen LogP contribution is 2.35. The molecule has 0 spiro atoms. The molecule has 2 aromatic rings. The first-order chi connectivity index (χ1) is 10.2. The fourth-order valence-electron chi connectivity index (χ4n) is 2.96. The third kappa shape index (κ3) is 2.78. The second-order valence-corrected chi connectivity index (χ2v) is 5.79. The van der Waals surface area contributed by atoms with Crippen LogP contribution in [0.3, 0.4) is 0 Å². The van der Waals surface area contributed by atoms with Crippen molar-refractivity contribution in [1.82, 2.24) is 15.0 Å². The average molecular weight is 306 g/mol. The van der Waals surface area contributed by atoms with Gasteiger partial charge in [-0.3, -0.25) is 0 Å². The molecule has 3 rings (SSSR count). The molecule has 1 fully saturated rings. The van der Waals surface area contributed by atoms with E-state index in [1.54, 1.807) is 16.8 Å². The number of benzene rings is 1. The summed E-state index contributed by atoms with van der Waals surface area (Å²) in [4.78, 5) is 11.4. The summed E-state index contributed by atoms with van der Waals surface area (Å²) >= 11 is 5.90. The van der Waals surface area contributed by atoms with E-state index in [0.717, 1.165) is 31.4 Å². The number of aromatic carboxylic acids is 1. The van der Waals surface area contributed by atoms with Gasteiger partial charge < -0.3 is 5.11 Å². The second kappa shape index (κ2) is 5.85. The Balaban J connectivity index is 2.07. The van der Waals surface area contributed by atoms with Crippen LogP contribution >= 0.6 is 11.6 Å². The number of halogens is 1. The molecule has 1 heterocycles. The normalized spacial score (nSPS) is 16.0. The van der Waals surface area contributed by atoms with Crippen molar-refractivity contribution in [2.24, 2.45) is 0 Å². The van der Waals surface area contributed by atoms with Crippen molar-refractivity contribution < 1.29 is 9.90 Å². The Labute approximate surface area is 127 Å². The van der Waals surface area contributed by atoms with E-state index in [9.17, 15) is 9.90 Å². The number of carboxylic acids is 1. The quantitative estimate of drug-likeness (QED) is 0.939. The summed E-state index contributed by atoms with van der Waals surface area (Å²) in [5.74, 6) is -0.814. The number of hydrogen-bond donors (Lipinski definition) is 1. The minimum Gasteiger partial charge on any atom is -0.476 e. The molecule has 21 heavy (non-hydrogen) atoms. The molecule has 0 saturated heterocycles. The molecule has 5 nitrogen and oxygen atoms in total. The van der Waals surface area contributed by atoms with E-state index in [-0.39, 0.29) is 11.6 Å². The Hall–Kier alpha value is -1.88. The van der Waals surface area contributed by atoms with Gasteiger partial charge in [-0.25, -0.2) is 9.48 Å². The minimum atomic E-state index is -1.02. The highest BCUT2D eigenvalue weighted by Gasteiger charge is 2.28. The van der Waals surface area contributed by atoms with Crippen LogP contribution in [-0.2, 0) is 0 Å². The van der Waals surface area contributed by atoms with Crippen LogP contribution in [0.5, 0.6) is 0 Å². The van der Waals surface area contributed by atoms with Gasteiger partial charge in [-0.1, -0.05) is 36.1 Å². The molecule has 0 aliphatic heterocycles. The molecule has 1 aromatic carbocycles. The Kier molecular flexibility index (Phi) is 3.92. The van der Waals surface area contributed by atoms with E-state index in [0.29, 0.717) is 10.7 Å². The molecule has 0 bridgehead atoms. The SMILES string of the molecule is O=C(O)c1nnn(-c2ccc(Cl)cc2)c1C1CCCCC1. The van der Waals surface area contributed by atoms with Gasteiger partial charge in [-0.15, -0.1) is 5.10 Å². The summed E-state index contributed by atoms with van der Waals surface area (Å²) < 4.78 is 1.65. The van der Waals surface area contributed by atoms with Crippen molar-refractivity contribution in [3.8, 4) is 5.69 Å². The zero-order chi connectivity index (χ0) is 14.8. The van der Waals surface area contributed by atoms with Gasteiger partial charge in [-0.05, 0) is 37.1 Å². The lowest BCUT2D eigenvalue weighted by Crippen LogP contribution is -2.14. The Bertz CT molecular complexity index is 645. The Morgan fingerprint density at radius 2 is 1.86 bits per heavy atom. The van der Waals surface area contributed by atoms with Crippen molar-refractivity contribution in [2.75, 3.05) is 0 Å². The van der Waals surface area contributed by atoms with E-state index in [4.69, 9.17) is 11.6 Å². The number of carbonyl (C=O) groups is 1. The van der Waals surface area contributed by atoms with E-state index in [1.807, 2.05) is 12.1 Å². The van der Waals surface area contributed by atoms with Gasteiger partial charge in [0, 0.05) is 10.9 Å². The standard InChI is InChI=1S/C15H16ClN3O2/c16-11-6-8-12(9-7-11)19-14(10-4-2-1-3-5-10)13(15(20)21)17-18-19/h6-10H,1-5H2,(H,20,21). The number of hydrogen-bond acceptors (Lipinski definition) is 3. The van der Waals surface area contributed by atoms with E-state index in [2.05, 4.69) is 10.3 Å². The third-order valence-electron chi connectivity index (χ3n) is 3.97. The van der Waals surface area contributed by atoms with Gasteiger partial charge in [0.1, 0.15) is 0 Å². The van der Waals surface area contributed by atoms with Gasteiger partial charge in [0.15, 0.2) is 5.69 Å². The maximum absolute atomic E-state index is 11.4. The molecule has 0 radical (unpaired) electrons. The summed E-state index contributed by atoms with van der Waals surface area (Å²) in [6, 6.07) is 7.19. The van der Waals surface area contributed by atoms with Crippen LogP contribution in [0, 0.1) is 0 Å². The number of aromatic nitrogens is 3. The van der Waals surface area contributed by atoms with Crippen LogP contribution in [-0.4, -0.2) is 26.1 Å². The van der Waals surface area contributed by atoms with Crippen LogP contribution < -0.4 is 0 Å². The lowest BCUT2D eigenvalue weighted by atomic mass is 9.86. The number of nitrogens with zero attached hydrogens (tertiary/aromatic N) is 3. The third-order valence-corrected chi connectivity index (χ3v) is 4.22. The second-order valence-electron chi connectivity index (χ2n) is 5.35. The fraction of sp³-hybridized carbons (Fsp3) is 0.400. The van der Waals surface area contributed by atoms with E-state index < -0.39 is 5.97 Å². The molecule has 1 aromatic heterocycles. The fourth-order valence-corrected chi connectivity index (χ4v) is 3.08. The molecule has 1 aliphatic rings. The van der Waals surface area contributed by atoms with Crippen LogP contribution in [0.15, 0.2) is 24.3 Å².